The van der Waals surface area contributed by atoms with E-state index in [0.717, 1.165) is 22.8 Å². The summed E-state index contributed by atoms with van der Waals surface area (Å²) in [7, 11) is 1.75. The fourth-order valence-corrected chi connectivity index (χ4v) is 4.24. The molecule has 4 aromatic rings. The van der Waals surface area contributed by atoms with Gasteiger partial charge in [0, 0.05) is 51.1 Å². The van der Waals surface area contributed by atoms with Crippen molar-refractivity contribution in [2.45, 2.75) is 13.8 Å². The second-order valence-electron chi connectivity index (χ2n) is 8.83. The molecule has 1 N–H and O–H groups in total. The summed E-state index contributed by atoms with van der Waals surface area (Å²) in [5.74, 6) is 2.48. The third-order valence-corrected chi connectivity index (χ3v) is 6.13. The highest BCUT2D eigenvalue weighted by Gasteiger charge is 2.26. The van der Waals surface area contributed by atoms with Crippen molar-refractivity contribution in [3.8, 4) is 11.3 Å². The first kappa shape index (κ1) is 23.4. The van der Waals surface area contributed by atoms with Gasteiger partial charge in [-0.15, -0.1) is 0 Å². The molecule has 1 aliphatic heterocycles. The van der Waals surface area contributed by atoms with Gasteiger partial charge in [-0.2, -0.15) is 5.10 Å². The number of aromatic nitrogens is 5. The summed E-state index contributed by atoms with van der Waals surface area (Å²) < 4.78 is 14.8. The van der Waals surface area contributed by atoms with Crippen molar-refractivity contribution in [2.75, 3.05) is 36.4 Å². The molecule has 10 heteroatoms. The minimum Gasteiger partial charge on any atom is -0.353 e. The average Bonchev–Trinajstić information content (AvgIpc) is 3.25. The predicted molar refractivity (Wildman–Crippen MR) is 136 cm³/mol. The van der Waals surface area contributed by atoms with Crippen LogP contribution in [-0.4, -0.2) is 61.7 Å². The molecule has 184 valence electrons. The Morgan fingerprint density at radius 2 is 1.69 bits per heavy atom. The van der Waals surface area contributed by atoms with Crippen LogP contribution in [-0.2, 0) is 7.05 Å². The largest absolute Gasteiger partial charge is 0.353 e. The van der Waals surface area contributed by atoms with Gasteiger partial charge in [0.05, 0.1) is 5.69 Å². The summed E-state index contributed by atoms with van der Waals surface area (Å²) in [6.07, 6.45) is 1.76. The monoisotopic (exact) mass is 486 g/mol. The molecule has 0 radical (unpaired) electrons. The van der Waals surface area contributed by atoms with Crippen LogP contribution in [0.5, 0.6) is 0 Å². The molecule has 0 unspecified atom stereocenters. The summed E-state index contributed by atoms with van der Waals surface area (Å²) in [6, 6.07) is 13.7. The van der Waals surface area contributed by atoms with E-state index < -0.39 is 0 Å². The molecule has 9 nitrogen and oxygen atoms in total. The summed E-state index contributed by atoms with van der Waals surface area (Å²) >= 11 is 0. The van der Waals surface area contributed by atoms with Crippen molar-refractivity contribution >= 4 is 23.4 Å². The van der Waals surface area contributed by atoms with Crippen molar-refractivity contribution in [2.24, 2.45) is 7.05 Å². The molecule has 3 aromatic heterocycles. The maximum absolute atomic E-state index is 13.3. The molecule has 1 amide bonds. The maximum atomic E-state index is 13.3. The van der Waals surface area contributed by atoms with Crippen molar-refractivity contribution < 1.29 is 9.18 Å². The number of carbonyl (C=O) groups excluding carboxylic acids is 1. The van der Waals surface area contributed by atoms with E-state index in [1.54, 1.807) is 36.1 Å². The van der Waals surface area contributed by atoms with E-state index in [1.807, 2.05) is 36.9 Å². The molecule has 0 bridgehead atoms. The van der Waals surface area contributed by atoms with E-state index >= 15 is 0 Å². The van der Waals surface area contributed by atoms with Crippen LogP contribution in [0, 0.1) is 19.7 Å². The van der Waals surface area contributed by atoms with Crippen LogP contribution >= 0.6 is 0 Å². The fourth-order valence-electron chi connectivity index (χ4n) is 4.24. The van der Waals surface area contributed by atoms with Crippen LogP contribution in [0.3, 0.4) is 0 Å². The maximum Gasteiger partial charge on any atom is 0.272 e. The number of carbonyl (C=O) groups is 1. The number of rotatable bonds is 5. The molecule has 36 heavy (non-hydrogen) atoms. The normalized spacial score (nSPS) is 13.7. The zero-order valence-corrected chi connectivity index (χ0v) is 20.4. The summed E-state index contributed by atoms with van der Waals surface area (Å²) in [5, 5.41) is 7.71. The van der Waals surface area contributed by atoms with Crippen molar-refractivity contribution in [3.63, 3.8) is 0 Å². The van der Waals surface area contributed by atoms with Crippen LogP contribution in [0.25, 0.3) is 11.3 Å². The Morgan fingerprint density at radius 3 is 2.42 bits per heavy atom. The zero-order chi connectivity index (χ0) is 25.2. The number of nitrogens with one attached hydrogen (secondary N) is 1. The SMILES string of the molecule is Cc1ccnc(Nc2cc(N3CCN(C(=O)c4cc(-c5ccc(F)cc5)nn4C)CC3)nc(C)n2)c1. The lowest BCUT2D eigenvalue weighted by Gasteiger charge is -2.35. The van der Waals surface area contributed by atoms with E-state index in [-0.39, 0.29) is 11.7 Å². The number of benzene rings is 1. The third-order valence-electron chi connectivity index (χ3n) is 6.13. The van der Waals surface area contributed by atoms with Crippen LogP contribution in [0.4, 0.5) is 21.8 Å². The zero-order valence-electron chi connectivity index (χ0n) is 20.4. The molecule has 5 rings (SSSR count). The summed E-state index contributed by atoms with van der Waals surface area (Å²) in [4.78, 5) is 30.7. The van der Waals surface area contributed by atoms with Gasteiger partial charge in [0.2, 0.25) is 0 Å². The van der Waals surface area contributed by atoms with Gasteiger partial charge in [0.25, 0.3) is 5.91 Å². The second-order valence-corrected chi connectivity index (χ2v) is 8.83. The van der Waals surface area contributed by atoms with Gasteiger partial charge in [-0.25, -0.2) is 19.3 Å². The standard InChI is InChI=1S/C26H27FN8O/c1-17-8-9-28-23(14-17)31-24-16-25(30-18(2)29-24)34-10-12-35(13-11-34)26(36)22-15-21(32-33(22)3)19-4-6-20(27)7-5-19/h4-9,14-16H,10-13H2,1-3H3,(H,28,29,30,31). The Kier molecular flexibility index (Phi) is 6.32. The number of amides is 1. The average molecular weight is 487 g/mol. The molecule has 1 fully saturated rings. The Morgan fingerprint density at radius 1 is 0.944 bits per heavy atom. The van der Waals surface area contributed by atoms with E-state index in [1.165, 1.54) is 12.1 Å². The molecular weight excluding hydrogens is 459 g/mol. The van der Waals surface area contributed by atoms with Crippen molar-refractivity contribution in [1.82, 2.24) is 29.6 Å². The Labute approximate surface area is 208 Å². The highest BCUT2D eigenvalue weighted by Crippen LogP contribution is 2.23. The van der Waals surface area contributed by atoms with E-state index in [2.05, 4.69) is 30.3 Å². The lowest BCUT2D eigenvalue weighted by molar-refractivity contribution is 0.0735. The van der Waals surface area contributed by atoms with Gasteiger partial charge < -0.3 is 15.1 Å². The molecule has 1 aromatic carbocycles. The number of hydrogen-bond donors (Lipinski definition) is 1. The van der Waals surface area contributed by atoms with Gasteiger partial charge in [-0.1, -0.05) is 0 Å². The van der Waals surface area contributed by atoms with Crippen LogP contribution < -0.4 is 10.2 Å². The Bertz CT molecular complexity index is 1390. The first-order valence-corrected chi connectivity index (χ1v) is 11.8. The number of hydrogen-bond acceptors (Lipinski definition) is 7. The lowest BCUT2D eigenvalue weighted by atomic mass is 10.1. The lowest BCUT2D eigenvalue weighted by Crippen LogP contribution is -2.49. The number of aryl methyl sites for hydroxylation is 3. The van der Waals surface area contributed by atoms with Gasteiger partial charge >= 0.3 is 0 Å². The Balaban J connectivity index is 1.26. The van der Waals surface area contributed by atoms with Crippen LogP contribution in [0.2, 0.25) is 0 Å². The van der Waals surface area contributed by atoms with Crippen molar-refractivity contribution in [3.05, 3.63) is 77.6 Å². The fraction of sp³-hybridized carbons (Fsp3) is 0.269. The molecule has 0 saturated carbocycles. The summed E-state index contributed by atoms with van der Waals surface area (Å²) in [5.41, 5.74) is 3.01. The first-order chi connectivity index (χ1) is 17.4. The quantitative estimate of drug-likeness (QED) is 0.460. The first-order valence-electron chi connectivity index (χ1n) is 11.8. The van der Waals surface area contributed by atoms with Gasteiger partial charge in [0.1, 0.15) is 34.8 Å². The predicted octanol–water partition coefficient (Wildman–Crippen LogP) is 3.73. The highest BCUT2D eigenvalue weighted by molar-refractivity contribution is 5.94. The minimum absolute atomic E-state index is 0.0789. The third kappa shape index (κ3) is 5.02. The van der Waals surface area contributed by atoms with Gasteiger partial charge in [-0.3, -0.25) is 9.48 Å². The van der Waals surface area contributed by atoms with E-state index in [4.69, 9.17) is 0 Å². The van der Waals surface area contributed by atoms with E-state index in [9.17, 15) is 9.18 Å². The topological polar surface area (TPSA) is 92.1 Å². The molecule has 0 aliphatic carbocycles. The van der Waals surface area contributed by atoms with E-state index in [0.29, 0.717) is 49.2 Å². The molecule has 0 spiro atoms. The number of halogens is 1. The smallest absolute Gasteiger partial charge is 0.272 e. The van der Waals surface area contributed by atoms with Crippen molar-refractivity contribution in [1.29, 1.82) is 0 Å². The Hall–Kier alpha value is -4.34. The van der Waals surface area contributed by atoms with Crippen LogP contribution in [0.1, 0.15) is 21.9 Å². The number of piperazine rings is 1. The summed E-state index contributed by atoms with van der Waals surface area (Å²) in [6.45, 7) is 6.28. The minimum atomic E-state index is -0.308. The molecule has 0 atom stereocenters. The molecular formula is C26H27FN8O. The van der Waals surface area contributed by atoms with Gasteiger partial charge in [0.15, 0.2) is 0 Å². The second kappa shape index (κ2) is 9.73. The highest BCUT2D eigenvalue weighted by atomic mass is 19.1. The number of anilines is 3. The van der Waals surface area contributed by atoms with Crippen LogP contribution in [0.15, 0.2) is 54.7 Å². The molecule has 4 heterocycles. The van der Waals surface area contributed by atoms with Gasteiger partial charge in [-0.05, 0) is 61.9 Å². The molecule has 1 saturated heterocycles. The number of pyridine rings is 1. The number of nitrogens with zero attached hydrogens (tertiary/aromatic N) is 7. The molecule has 1 aliphatic rings.